The molecular formula is C21H30ClN3O2. The maximum atomic E-state index is 6.05. The lowest BCUT2D eigenvalue weighted by atomic mass is 9.96. The molecule has 0 radical (unpaired) electrons. The highest BCUT2D eigenvalue weighted by molar-refractivity contribution is 6.30. The van der Waals surface area contributed by atoms with Gasteiger partial charge in [-0.05, 0) is 50.3 Å². The normalized spacial score (nSPS) is 27.6. The molecule has 1 aromatic carbocycles. The number of hydrogen-bond acceptors (Lipinski definition) is 3. The van der Waals surface area contributed by atoms with Crippen LogP contribution in [-0.4, -0.2) is 62.5 Å². The molecule has 0 aromatic heterocycles. The zero-order valence-corrected chi connectivity index (χ0v) is 16.9. The van der Waals surface area contributed by atoms with Crippen LogP contribution < -0.4 is 5.32 Å². The fourth-order valence-corrected chi connectivity index (χ4v) is 4.26. The molecule has 0 spiro atoms. The molecule has 2 aliphatic heterocycles. The first-order valence-corrected chi connectivity index (χ1v) is 10.6. The van der Waals surface area contributed by atoms with Gasteiger partial charge in [-0.2, -0.15) is 0 Å². The van der Waals surface area contributed by atoms with Gasteiger partial charge in [-0.15, -0.1) is 0 Å². The minimum Gasteiger partial charge on any atom is -0.375 e. The summed E-state index contributed by atoms with van der Waals surface area (Å²) in [7, 11) is 0. The van der Waals surface area contributed by atoms with Crippen LogP contribution in [0, 0.1) is 0 Å². The molecule has 3 aliphatic rings. The number of rotatable bonds is 5. The summed E-state index contributed by atoms with van der Waals surface area (Å²) in [5, 5.41) is 4.27. The summed E-state index contributed by atoms with van der Waals surface area (Å²) in [4.78, 5) is 7.38. The second kappa shape index (κ2) is 8.38. The summed E-state index contributed by atoms with van der Waals surface area (Å²) in [6.07, 6.45) is 5.02. The molecule has 2 atom stereocenters. The molecule has 1 aliphatic carbocycles. The molecule has 2 unspecified atom stereocenters. The number of benzene rings is 1. The number of hydrogen-bond donors (Lipinski definition) is 1. The smallest absolute Gasteiger partial charge is 0.194 e. The Balaban J connectivity index is 1.44. The van der Waals surface area contributed by atoms with E-state index in [0.29, 0.717) is 0 Å². The minimum absolute atomic E-state index is 0.149. The number of nitrogens with one attached hydrogen (secondary N) is 1. The minimum atomic E-state index is 0.149. The first kappa shape index (κ1) is 19.0. The van der Waals surface area contributed by atoms with E-state index in [2.05, 4.69) is 29.3 Å². The Hall–Kier alpha value is -1.30. The molecule has 3 fully saturated rings. The van der Waals surface area contributed by atoms with Crippen LogP contribution in [0.3, 0.4) is 0 Å². The van der Waals surface area contributed by atoms with E-state index in [9.17, 15) is 0 Å². The molecule has 1 saturated carbocycles. The highest BCUT2D eigenvalue weighted by atomic mass is 35.5. The highest BCUT2D eigenvalue weighted by Crippen LogP contribution is 2.48. The molecule has 148 valence electrons. The molecule has 1 N–H and O–H groups in total. The summed E-state index contributed by atoms with van der Waals surface area (Å²) < 4.78 is 11.8. The van der Waals surface area contributed by atoms with Gasteiger partial charge in [0.15, 0.2) is 5.96 Å². The predicted octanol–water partition coefficient (Wildman–Crippen LogP) is 3.22. The molecule has 27 heavy (non-hydrogen) atoms. The van der Waals surface area contributed by atoms with Crippen LogP contribution in [0.5, 0.6) is 0 Å². The maximum absolute atomic E-state index is 6.05. The van der Waals surface area contributed by atoms with E-state index in [0.717, 1.165) is 63.2 Å². The van der Waals surface area contributed by atoms with Crippen LogP contribution >= 0.6 is 11.6 Å². The zero-order valence-electron chi connectivity index (χ0n) is 16.1. The van der Waals surface area contributed by atoms with Crippen LogP contribution in [0.25, 0.3) is 0 Å². The van der Waals surface area contributed by atoms with E-state index in [4.69, 9.17) is 26.1 Å². The number of halogens is 1. The van der Waals surface area contributed by atoms with Crippen LogP contribution in [0.2, 0.25) is 5.02 Å². The monoisotopic (exact) mass is 391 g/mol. The van der Waals surface area contributed by atoms with E-state index in [1.165, 1.54) is 18.4 Å². The van der Waals surface area contributed by atoms with Gasteiger partial charge < -0.3 is 19.7 Å². The summed E-state index contributed by atoms with van der Waals surface area (Å²) in [5.74, 6) is 1.00. The maximum Gasteiger partial charge on any atom is 0.194 e. The van der Waals surface area contributed by atoms with Crippen molar-refractivity contribution in [3.8, 4) is 0 Å². The average molecular weight is 392 g/mol. The van der Waals surface area contributed by atoms with Crippen molar-refractivity contribution in [3.05, 3.63) is 34.9 Å². The number of nitrogens with zero attached hydrogens (tertiary/aromatic N) is 2. The fourth-order valence-electron chi connectivity index (χ4n) is 4.13. The summed E-state index contributed by atoms with van der Waals surface area (Å²) in [6, 6.07) is 8.28. The van der Waals surface area contributed by atoms with Gasteiger partial charge in [0.1, 0.15) is 6.10 Å². The van der Waals surface area contributed by atoms with Crippen molar-refractivity contribution in [1.82, 2.24) is 10.2 Å². The summed E-state index contributed by atoms with van der Waals surface area (Å²) >= 11 is 6.05. The Morgan fingerprint density at radius 1 is 1.22 bits per heavy atom. The van der Waals surface area contributed by atoms with Crippen molar-refractivity contribution in [3.63, 3.8) is 0 Å². The molecule has 0 bridgehead atoms. The van der Waals surface area contributed by atoms with Gasteiger partial charge in [-0.25, -0.2) is 0 Å². The first-order valence-electron chi connectivity index (χ1n) is 10.2. The lowest BCUT2D eigenvalue weighted by molar-refractivity contribution is -0.0817. The zero-order chi connectivity index (χ0) is 18.7. The van der Waals surface area contributed by atoms with E-state index in [1.807, 2.05) is 12.1 Å². The molecule has 0 amide bonds. The number of morpholine rings is 1. The summed E-state index contributed by atoms with van der Waals surface area (Å²) in [5.41, 5.74) is 1.54. The Bertz CT molecular complexity index is 654. The standard InChI is InChI=1S/C21H30ClN3O2/c1-2-23-20(25-11-13-27-19(14-25)18-4-3-12-26-18)24-15-21(9-10-21)16-5-7-17(22)8-6-16/h5-8,18-19H,2-4,9-15H2,1H3,(H,23,24). The van der Waals surface area contributed by atoms with Crippen molar-refractivity contribution in [2.45, 2.75) is 50.2 Å². The summed E-state index contributed by atoms with van der Waals surface area (Å²) in [6.45, 7) is 7.14. The van der Waals surface area contributed by atoms with Crippen molar-refractivity contribution in [1.29, 1.82) is 0 Å². The second-order valence-corrected chi connectivity index (χ2v) is 8.30. The van der Waals surface area contributed by atoms with E-state index >= 15 is 0 Å². The third-order valence-electron chi connectivity index (χ3n) is 5.95. The van der Waals surface area contributed by atoms with Gasteiger partial charge in [-0.3, -0.25) is 4.99 Å². The second-order valence-electron chi connectivity index (χ2n) is 7.86. The molecule has 5 nitrogen and oxygen atoms in total. The molecule has 6 heteroatoms. The van der Waals surface area contributed by atoms with Crippen LogP contribution in [-0.2, 0) is 14.9 Å². The molecule has 2 heterocycles. The van der Waals surface area contributed by atoms with Gasteiger partial charge in [0.05, 0.1) is 19.3 Å². The van der Waals surface area contributed by atoms with Crippen molar-refractivity contribution in [2.75, 3.05) is 39.4 Å². The van der Waals surface area contributed by atoms with Gasteiger partial charge in [0, 0.05) is 36.7 Å². The quantitative estimate of drug-likeness (QED) is 0.618. The van der Waals surface area contributed by atoms with Crippen LogP contribution in [0.15, 0.2) is 29.3 Å². The average Bonchev–Trinajstić information content (AvgIpc) is 3.28. The fraction of sp³-hybridized carbons (Fsp3) is 0.667. The lowest BCUT2D eigenvalue weighted by Gasteiger charge is -2.37. The van der Waals surface area contributed by atoms with Gasteiger partial charge in [0.2, 0.25) is 0 Å². The highest BCUT2D eigenvalue weighted by Gasteiger charge is 2.44. The largest absolute Gasteiger partial charge is 0.375 e. The van der Waals surface area contributed by atoms with E-state index in [1.54, 1.807) is 0 Å². The number of ether oxygens (including phenoxy) is 2. The molecule has 2 saturated heterocycles. The van der Waals surface area contributed by atoms with Gasteiger partial charge in [0.25, 0.3) is 0 Å². The third kappa shape index (κ3) is 4.41. The van der Waals surface area contributed by atoms with E-state index < -0.39 is 0 Å². The molecular weight excluding hydrogens is 362 g/mol. The molecule has 1 aromatic rings. The van der Waals surface area contributed by atoms with Crippen LogP contribution in [0.1, 0.15) is 38.2 Å². The Kier molecular flexibility index (Phi) is 5.90. The van der Waals surface area contributed by atoms with Crippen LogP contribution in [0.4, 0.5) is 0 Å². The molecule has 4 rings (SSSR count). The van der Waals surface area contributed by atoms with Crippen molar-refractivity contribution >= 4 is 17.6 Å². The Morgan fingerprint density at radius 3 is 2.67 bits per heavy atom. The third-order valence-corrected chi connectivity index (χ3v) is 6.20. The Morgan fingerprint density at radius 2 is 2.00 bits per heavy atom. The topological polar surface area (TPSA) is 46.1 Å². The van der Waals surface area contributed by atoms with Gasteiger partial charge in [-0.1, -0.05) is 23.7 Å². The SMILES string of the molecule is CCNC(=NCC1(c2ccc(Cl)cc2)CC1)N1CCOC(C2CCCO2)C1. The van der Waals surface area contributed by atoms with Crippen molar-refractivity contribution < 1.29 is 9.47 Å². The number of aliphatic imine (C=N–C) groups is 1. The van der Waals surface area contributed by atoms with Crippen molar-refractivity contribution in [2.24, 2.45) is 4.99 Å². The first-order chi connectivity index (χ1) is 13.2. The lowest BCUT2D eigenvalue weighted by Crippen LogP contribution is -2.53. The predicted molar refractivity (Wildman–Crippen MR) is 109 cm³/mol. The van der Waals surface area contributed by atoms with E-state index in [-0.39, 0.29) is 17.6 Å². The Labute approximate surface area is 167 Å². The number of guanidine groups is 1. The van der Waals surface area contributed by atoms with Gasteiger partial charge >= 0.3 is 0 Å².